The second-order valence-corrected chi connectivity index (χ2v) is 5.69. The van der Waals surface area contributed by atoms with Crippen LogP contribution in [0.25, 0.3) is 0 Å². The fraction of sp³-hybridized carbons (Fsp3) is 0.462. The van der Waals surface area contributed by atoms with Crippen LogP contribution < -0.4 is 15.5 Å². The van der Waals surface area contributed by atoms with Crippen LogP contribution in [0.2, 0.25) is 0 Å². The number of anilines is 2. The van der Waals surface area contributed by atoms with E-state index in [4.69, 9.17) is 0 Å². The number of aryl methyl sites for hydroxylation is 1. The van der Waals surface area contributed by atoms with Crippen molar-refractivity contribution < 1.29 is 4.79 Å². The van der Waals surface area contributed by atoms with E-state index in [1.807, 2.05) is 32.3 Å². The lowest BCUT2D eigenvalue weighted by Crippen LogP contribution is -2.37. The van der Waals surface area contributed by atoms with Gasteiger partial charge in [0.1, 0.15) is 0 Å². The van der Waals surface area contributed by atoms with Crippen LogP contribution in [-0.2, 0) is 4.79 Å². The van der Waals surface area contributed by atoms with Crippen LogP contribution in [0, 0.1) is 6.92 Å². The van der Waals surface area contributed by atoms with E-state index in [1.165, 1.54) is 5.56 Å². The van der Waals surface area contributed by atoms with Crippen molar-refractivity contribution in [3.63, 3.8) is 0 Å². The largest absolute Gasteiger partial charge is 0.377 e. The van der Waals surface area contributed by atoms with E-state index in [9.17, 15) is 4.79 Å². The summed E-state index contributed by atoms with van der Waals surface area (Å²) in [5, 5.41) is 6.13. The molecule has 0 spiro atoms. The van der Waals surface area contributed by atoms with Crippen LogP contribution in [0.1, 0.15) is 5.56 Å². The third-order valence-corrected chi connectivity index (χ3v) is 3.93. The lowest BCUT2D eigenvalue weighted by Gasteiger charge is -2.18. The first-order chi connectivity index (χ1) is 8.58. The van der Waals surface area contributed by atoms with Gasteiger partial charge in [0.25, 0.3) is 0 Å². The van der Waals surface area contributed by atoms with Crippen LogP contribution in [0.5, 0.6) is 0 Å². The first-order valence-electron chi connectivity index (χ1n) is 5.98. The Hall–Kier alpha value is -1.20. The van der Waals surface area contributed by atoms with E-state index in [1.54, 1.807) is 11.8 Å². The summed E-state index contributed by atoms with van der Waals surface area (Å²) >= 11 is 1.75. The van der Waals surface area contributed by atoms with Gasteiger partial charge in [-0.3, -0.25) is 10.1 Å². The number of carbonyl (C=O) groups excluding carboxylic acids is 1. The van der Waals surface area contributed by atoms with E-state index < -0.39 is 0 Å². The average molecular weight is 265 g/mol. The van der Waals surface area contributed by atoms with Gasteiger partial charge in [0.05, 0.1) is 6.04 Å². The molecule has 0 radical (unpaired) electrons. The number of amides is 1. The molecule has 1 saturated heterocycles. The van der Waals surface area contributed by atoms with E-state index in [2.05, 4.69) is 22.5 Å². The Kier molecular flexibility index (Phi) is 4.14. The van der Waals surface area contributed by atoms with Crippen LogP contribution >= 0.6 is 11.8 Å². The molecule has 0 aromatic heterocycles. The minimum atomic E-state index is -0.0703. The van der Waals surface area contributed by atoms with Crippen molar-refractivity contribution in [1.82, 2.24) is 5.32 Å². The molecule has 1 unspecified atom stereocenters. The number of carbonyl (C=O) groups is 1. The maximum absolute atomic E-state index is 12.0. The zero-order valence-electron chi connectivity index (χ0n) is 11.0. The summed E-state index contributed by atoms with van der Waals surface area (Å²) in [5.74, 6) is 1.75. The van der Waals surface area contributed by atoms with Gasteiger partial charge >= 0.3 is 0 Å². The maximum Gasteiger partial charge on any atom is 0.242 e. The Morgan fingerprint density at radius 1 is 1.50 bits per heavy atom. The number of nitrogens with zero attached hydrogens (tertiary/aromatic N) is 1. The van der Waals surface area contributed by atoms with Crippen molar-refractivity contribution in [1.29, 1.82) is 0 Å². The summed E-state index contributed by atoms with van der Waals surface area (Å²) in [4.78, 5) is 14.0. The fourth-order valence-corrected chi connectivity index (χ4v) is 2.90. The van der Waals surface area contributed by atoms with Gasteiger partial charge in [-0.05, 0) is 24.6 Å². The van der Waals surface area contributed by atoms with Gasteiger partial charge < -0.3 is 10.2 Å². The van der Waals surface area contributed by atoms with E-state index >= 15 is 0 Å². The molecule has 1 aliphatic rings. The zero-order valence-corrected chi connectivity index (χ0v) is 11.8. The molecule has 2 rings (SSSR count). The highest BCUT2D eigenvalue weighted by molar-refractivity contribution is 7.99. The smallest absolute Gasteiger partial charge is 0.242 e. The van der Waals surface area contributed by atoms with E-state index in [0.29, 0.717) is 0 Å². The Labute approximate surface area is 112 Å². The minimum absolute atomic E-state index is 0.0496. The molecule has 1 atom stereocenters. The van der Waals surface area contributed by atoms with Gasteiger partial charge in [0.2, 0.25) is 5.91 Å². The summed E-state index contributed by atoms with van der Waals surface area (Å²) in [6, 6.07) is 5.92. The highest BCUT2D eigenvalue weighted by Crippen LogP contribution is 2.23. The first kappa shape index (κ1) is 13.2. The molecule has 0 bridgehead atoms. The molecular weight excluding hydrogens is 246 g/mol. The second kappa shape index (κ2) is 5.63. The molecule has 1 aromatic rings. The second-order valence-electron chi connectivity index (χ2n) is 4.66. The van der Waals surface area contributed by atoms with Crippen molar-refractivity contribution in [3.05, 3.63) is 23.8 Å². The van der Waals surface area contributed by atoms with Crippen molar-refractivity contribution in [2.24, 2.45) is 0 Å². The monoisotopic (exact) mass is 265 g/mol. The van der Waals surface area contributed by atoms with E-state index in [-0.39, 0.29) is 11.9 Å². The highest BCUT2D eigenvalue weighted by Gasteiger charge is 2.22. The molecule has 0 aliphatic carbocycles. The van der Waals surface area contributed by atoms with Gasteiger partial charge in [-0.15, -0.1) is 11.8 Å². The standard InChI is InChI=1S/C13H19N3OS/c1-9-4-5-10(6-12(9)16(2)3)15-13(17)11-7-18-8-14-11/h4-6,11,14H,7-8H2,1-3H3,(H,15,17). The van der Waals surface area contributed by atoms with Gasteiger partial charge in [-0.1, -0.05) is 6.07 Å². The summed E-state index contributed by atoms with van der Waals surface area (Å²) < 4.78 is 0. The molecule has 4 nitrogen and oxygen atoms in total. The Morgan fingerprint density at radius 3 is 2.89 bits per heavy atom. The number of benzene rings is 1. The molecule has 1 fully saturated rings. The number of rotatable bonds is 3. The molecule has 0 saturated carbocycles. The predicted molar refractivity (Wildman–Crippen MR) is 78.4 cm³/mol. The van der Waals surface area contributed by atoms with Gasteiger partial charge in [0, 0.05) is 37.1 Å². The van der Waals surface area contributed by atoms with Crippen molar-refractivity contribution in [2.75, 3.05) is 35.9 Å². The number of thioether (sulfide) groups is 1. The zero-order chi connectivity index (χ0) is 13.1. The molecule has 18 heavy (non-hydrogen) atoms. The molecular formula is C13H19N3OS. The third kappa shape index (κ3) is 2.97. The third-order valence-electron chi connectivity index (χ3n) is 2.99. The quantitative estimate of drug-likeness (QED) is 0.872. The van der Waals surface area contributed by atoms with Crippen molar-refractivity contribution in [3.8, 4) is 0 Å². The SMILES string of the molecule is Cc1ccc(NC(=O)C2CSCN2)cc1N(C)C. The maximum atomic E-state index is 12.0. The Bertz CT molecular complexity index is 442. The Morgan fingerprint density at radius 2 is 2.28 bits per heavy atom. The van der Waals surface area contributed by atoms with Gasteiger partial charge in [-0.2, -0.15) is 0 Å². The summed E-state index contributed by atoms with van der Waals surface area (Å²) in [5.41, 5.74) is 3.18. The molecule has 1 aliphatic heterocycles. The van der Waals surface area contributed by atoms with Crippen LogP contribution in [-0.4, -0.2) is 37.7 Å². The molecule has 1 aromatic carbocycles. The first-order valence-corrected chi connectivity index (χ1v) is 7.13. The van der Waals surface area contributed by atoms with E-state index in [0.717, 1.165) is 23.0 Å². The summed E-state index contributed by atoms with van der Waals surface area (Å²) in [6.45, 7) is 2.07. The molecule has 1 heterocycles. The predicted octanol–water partition coefficient (Wildman–Crippen LogP) is 1.66. The fourth-order valence-electron chi connectivity index (χ4n) is 1.96. The number of hydrogen-bond acceptors (Lipinski definition) is 4. The van der Waals surface area contributed by atoms with Crippen molar-refractivity contribution >= 4 is 29.0 Å². The average Bonchev–Trinajstić information content (AvgIpc) is 2.85. The van der Waals surface area contributed by atoms with Crippen LogP contribution in [0.15, 0.2) is 18.2 Å². The molecule has 2 N–H and O–H groups in total. The normalized spacial score (nSPS) is 18.7. The number of hydrogen-bond donors (Lipinski definition) is 2. The number of nitrogens with one attached hydrogen (secondary N) is 2. The molecule has 1 amide bonds. The minimum Gasteiger partial charge on any atom is -0.377 e. The Balaban J connectivity index is 2.09. The molecule has 5 heteroatoms. The van der Waals surface area contributed by atoms with Gasteiger partial charge in [-0.25, -0.2) is 0 Å². The summed E-state index contributed by atoms with van der Waals surface area (Å²) in [7, 11) is 4.01. The van der Waals surface area contributed by atoms with Crippen LogP contribution in [0.3, 0.4) is 0 Å². The topological polar surface area (TPSA) is 44.4 Å². The highest BCUT2D eigenvalue weighted by atomic mass is 32.2. The van der Waals surface area contributed by atoms with Crippen molar-refractivity contribution in [2.45, 2.75) is 13.0 Å². The lowest BCUT2D eigenvalue weighted by atomic mass is 10.1. The summed E-state index contributed by atoms with van der Waals surface area (Å²) in [6.07, 6.45) is 0. The van der Waals surface area contributed by atoms with Crippen LogP contribution in [0.4, 0.5) is 11.4 Å². The van der Waals surface area contributed by atoms with Gasteiger partial charge in [0.15, 0.2) is 0 Å². The molecule has 98 valence electrons. The lowest BCUT2D eigenvalue weighted by molar-refractivity contribution is -0.117.